The van der Waals surface area contributed by atoms with Gasteiger partial charge in [0.1, 0.15) is 22.3 Å². The van der Waals surface area contributed by atoms with Crippen molar-refractivity contribution in [2.75, 3.05) is 13.2 Å². The number of nitrogens with zero attached hydrogens (tertiary/aromatic N) is 3. The van der Waals surface area contributed by atoms with Crippen LogP contribution in [0.25, 0.3) is 5.76 Å². The van der Waals surface area contributed by atoms with Gasteiger partial charge in [0.15, 0.2) is 0 Å². The van der Waals surface area contributed by atoms with E-state index in [-0.39, 0.29) is 17.8 Å². The van der Waals surface area contributed by atoms with E-state index in [2.05, 4.69) is 32.5 Å². The van der Waals surface area contributed by atoms with Crippen molar-refractivity contribution in [3.63, 3.8) is 0 Å². The van der Waals surface area contributed by atoms with Crippen LogP contribution in [0, 0.1) is 17.1 Å². The zero-order valence-electron chi connectivity index (χ0n) is 15.9. The van der Waals surface area contributed by atoms with E-state index in [0.717, 1.165) is 0 Å². The van der Waals surface area contributed by atoms with Crippen molar-refractivity contribution in [1.29, 1.82) is 5.26 Å². The first-order valence-corrected chi connectivity index (χ1v) is 9.33. The summed E-state index contributed by atoms with van der Waals surface area (Å²) in [5.74, 6) is -0.176. The number of halogens is 2. The van der Waals surface area contributed by atoms with Crippen molar-refractivity contribution in [3.05, 3.63) is 59.7 Å². The molecule has 4 N–H and O–H groups in total. The van der Waals surface area contributed by atoms with Gasteiger partial charge in [-0.15, -0.1) is 0 Å². The average Bonchev–Trinajstić information content (AvgIpc) is 2.68. The molecule has 0 aromatic heterocycles. The maximum atomic E-state index is 13.8. The lowest BCUT2D eigenvalue weighted by Crippen LogP contribution is -2.10. The fraction of sp³-hybridized carbons (Fsp3) is 0.250. The molecular formula is C20H23BrFN5O. The van der Waals surface area contributed by atoms with Crippen LogP contribution in [0.3, 0.4) is 0 Å². The summed E-state index contributed by atoms with van der Waals surface area (Å²) in [7, 11) is 0. The fourth-order valence-electron chi connectivity index (χ4n) is 2.24. The molecule has 0 amide bonds. The van der Waals surface area contributed by atoms with Crippen LogP contribution in [0.2, 0.25) is 0 Å². The van der Waals surface area contributed by atoms with Gasteiger partial charge < -0.3 is 16.2 Å². The minimum atomic E-state index is -0.452. The Balaban J connectivity index is 3.53. The van der Waals surface area contributed by atoms with E-state index < -0.39 is 5.82 Å². The Labute approximate surface area is 172 Å². The van der Waals surface area contributed by atoms with Crippen LogP contribution < -0.4 is 11.5 Å². The second-order valence-electron chi connectivity index (χ2n) is 5.40. The summed E-state index contributed by atoms with van der Waals surface area (Å²) in [4.78, 5) is 8.80. The Kier molecular flexibility index (Phi) is 9.68. The van der Waals surface area contributed by atoms with E-state index in [1.165, 1.54) is 30.6 Å². The van der Waals surface area contributed by atoms with E-state index in [1.54, 1.807) is 6.92 Å². The van der Waals surface area contributed by atoms with E-state index >= 15 is 0 Å². The van der Waals surface area contributed by atoms with Crippen molar-refractivity contribution < 1.29 is 9.13 Å². The van der Waals surface area contributed by atoms with Gasteiger partial charge in [-0.2, -0.15) is 5.26 Å². The maximum Gasteiger partial charge on any atom is 0.124 e. The first-order valence-electron chi connectivity index (χ1n) is 8.54. The number of hydrogen-bond donors (Lipinski definition) is 2. The Morgan fingerprint density at radius 2 is 2.07 bits per heavy atom. The second kappa shape index (κ2) is 11.7. The lowest BCUT2D eigenvalue weighted by atomic mass is 10.0. The molecule has 0 spiro atoms. The van der Waals surface area contributed by atoms with Crippen LogP contribution in [0.4, 0.5) is 10.1 Å². The Morgan fingerprint density at radius 3 is 2.61 bits per heavy atom. The highest BCUT2D eigenvalue weighted by Crippen LogP contribution is 2.29. The third-order valence-electron chi connectivity index (χ3n) is 3.55. The second-order valence-corrected chi connectivity index (χ2v) is 6.15. The van der Waals surface area contributed by atoms with Crippen molar-refractivity contribution in [2.45, 2.75) is 20.3 Å². The lowest BCUT2D eigenvalue weighted by Gasteiger charge is -2.13. The summed E-state index contributed by atoms with van der Waals surface area (Å²) in [5.41, 5.74) is 13.2. The molecule has 148 valence electrons. The van der Waals surface area contributed by atoms with Gasteiger partial charge in [0.2, 0.25) is 0 Å². The molecular weight excluding hydrogens is 425 g/mol. The normalized spacial score (nSPS) is 13.2. The van der Waals surface area contributed by atoms with Gasteiger partial charge in [0, 0.05) is 36.5 Å². The zero-order valence-corrected chi connectivity index (χ0v) is 17.5. The number of ether oxygens (including phenoxy) is 1. The fourth-order valence-corrected chi connectivity index (χ4v) is 2.76. The Hall–Kier alpha value is -2.92. The minimum absolute atomic E-state index is 0.161. The van der Waals surface area contributed by atoms with Gasteiger partial charge >= 0.3 is 0 Å². The van der Waals surface area contributed by atoms with Crippen LogP contribution in [-0.4, -0.2) is 23.5 Å². The molecule has 6 nitrogen and oxygen atoms in total. The van der Waals surface area contributed by atoms with Crippen LogP contribution in [-0.2, 0) is 4.74 Å². The van der Waals surface area contributed by atoms with E-state index in [0.29, 0.717) is 40.3 Å². The third kappa shape index (κ3) is 6.35. The SMILES string of the molecule is C=C(OCC)c1cc(F)ccc1N=C(CC(=CN)C(Br)=NCC)C(C#N)=CN. The quantitative estimate of drug-likeness (QED) is 0.333. The van der Waals surface area contributed by atoms with Gasteiger partial charge in [-0.05, 0) is 48.0 Å². The van der Waals surface area contributed by atoms with Crippen molar-refractivity contribution in [3.8, 4) is 6.07 Å². The summed E-state index contributed by atoms with van der Waals surface area (Å²) < 4.78 is 19.7. The van der Waals surface area contributed by atoms with Gasteiger partial charge in [-0.3, -0.25) is 9.98 Å². The molecule has 0 aliphatic heterocycles. The molecule has 0 atom stereocenters. The first kappa shape index (κ1) is 23.1. The van der Waals surface area contributed by atoms with Crippen molar-refractivity contribution in [1.82, 2.24) is 0 Å². The first-order chi connectivity index (χ1) is 13.4. The molecule has 0 saturated carbocycles. The standard InChI is InChI=1S/C20H23BrFN5O/c1-4-26-20(21)14(10-23)8-19(15(11-24)12-25)27-18-7-6-16(22)9-17(18)13(3)28-5-2/h6-7,9-11H,3-5,8,23-24H2,1-2H3. The molecule has 0 heterocycles. The molecule has 0 saturated heterocycles. The largest absolute Gasteiger partial charge is 0.494 e. The van der Waals surface area contributed by atoms with E-state index in [1.807, 2.05) is 13.0 Å². The molecule has 28 heavy (non-hydrogen) atoms. The van der Waals surface area contributed by atoms with E-state index in [9.17, 15) is 9.65 Å². The molecule has 0 radical (unpaired) electrons. The summed E-state index contributed by atoms with van der Waals surface area (Å²) in [6.45, 7) is 8.43. The smallest absolute Gasteiger partial charge is 0.124 e. The Bertz CT molecular complexity index is 881. The van der Waals surface area contributed by atoms with Gasteiger partial charge in [0.05, 0.1) is 23.6 Å². The van der Waals surface area contributed by atoms with Crippen LogP contribution in [0.5, 0.6) is 0 Å². The van der Waals surface area contributed by atoms with Crippen LogP contribution in [0.1, 0.15) is 25.8 Å². The Morgan fingerprint density at radius 1 is 1.36 bits per heavy atom. The number of nitriles is 1. The summed E-state index contributed by atoms with van der Waals surface area (Å²) in [6, 6.07) is 6.05. The summed E-state index contributed by atoms with van der Waals surface area (Å²) in [6.07, 6.45) is 2.74. The molecule has 1 aromatic carbocycles. The molecule has 0 aliphatic carbocycles. The number of aliphatic imine (C=N–C) groups is 2. The molecule has 8 heteroatoms. The maximum absolute atomic E-state index is 13.8. The minimum Gasteiger partial charge on any atom is -0.494 e. The highest BCUT2D eigenvalue weighted by atomic mass is 79.9. The number of rotatable bonds is 9. The number of hydrogen-bond acceptors (Lipinski definition) is 6. The zero-order chi connectivity index (χ0) is 21.1. The van der Waals surface area contributed by atoms with Gasteiger partial charge in [-0.1, -0.05) is 6.58 Å². The average molecular weight is 448 g/mol. The molecule has 0 aliphatic rings. The lowest BCUT2D eigenvalue weighted by molar-refractivity contribution is 0.299. The van der Waals surface area contributed by atoms with Crippen molar-refractivity contribution >= 4 is 37.7 Å². The highest BCUT2D eigenvalue weighted by molar-refractivity contribution is 9.18. The monoisotopic (exact) mass is 447 g/mol. The van der Waals surface area contributed by atoms with Gasteiger partial charge in [-0.25, -0.2) is 4.39 Å². The topological polar surface area (TPSA) is 110 Å². The number of allylic oxidation sites excluding steroid dienone is 2. The molecule has 1 rings (SSSR count). The predicted molar refractivity (Wildman–Crippen MR) is 116 cm³/mol. The van der Waals surface area contributed by atoms with E-state index in [4.69, 9.17) is 16.2 Å². The number of benzene rings is 1. The number of nitrogens with two attached hydrogens (primary N) is 2. The van der Waals surface area contributed by atoms with Crippen molar-refractivity contribution in [2.24, 2.45) is 21.5 Å². The molecule has 0 unspecified atom stereocenters. The summed E-state index contributed by atoms with van der Waals surface area (Å²) >= 11 is 3.37. The third-order valence-corrected chi connectivity index (χ3v) is 4.31. The molecule has 0 fully saturated rings. The predicted octanol–water partition coefficient (Wildman–Crippen LogP) is 4.32. The molecule has 1 aromatic rings. The molecule has 0 bridgehead atoms. The van der Waals surface area contributed by atoms with Crippen LogP contribution in [0.15, 0.2) is 58.3 Å². The highest BCUT2D eigenvalue weighted by Gasteiger charge is 2.15. The summed E-state index contributed by atoms with van der Waals surface area (Å²) in [5, 5.41) is 9.43. The van der Waals surface area contributed by atoms with Gasteiger partial charge in [0.25, 0.3) is 0 Å². The van der Waals surface area contributed by atoms with Crippen LogP contribution >= 0.6 is 15.9 Å².